The molecule has 0 saturated carbocycles. The summed E-state index contributed by atoms with van der Waals surface area (Å²) in [6.45, 7) is 2.49. The van der Waals surface area contributed by atoms with Gasteiger partial charge in [-0.05, 0) is 30.7 Å². The number of hydrogen-bond donors (Lipinski definition) is 3. The van der Waals surface area contributed by atoms with Gasteiger partial charge in [-0.3, -0.25) is 4.79 Å². The molecule has 0 unspecified atom stereocenters. The fourth-order valence-corrected chi connectivity index (χ4v) is 4.45. The molecule has 0 aliphatic rings. The smallest absolute Gasteiger partial charge is 0.260 e. The lowest BCUT2D eigenvalue weighted by Crippen LogP contribution is -2.12. The highest BCUT2D eigenvalue weighted by Crippen LogP contribution is 2.40. The van der Waals surface area contributed by atoms with Crippen molar-refractivity contribution >= 4 is 55.5 Å². The van der Waals surface area contributed by atoms with E-state index in [4.69, 9.17) is 22.3 Å². The van der Waals surface area contributed by atoms with Crippen LogP contribution in [0.1, 0.15) is 28.8 Å². The molecule has 4 N–H and O–H groups in total. The fraction of sp³-hybridized carbons (Fsp3) is 0.200. The number of nitrogens with one attached hydrogen (secondary N) is 1. The standard InChI is InChI=1S/C20H18ClN5O2S/c1-2-7-23-18-17-10-3-4-12(13-8-15(21)26-16(9-27)25-13)24-11(10)5-6-14(17)29-19(18)20(22)28/h3-6,8,23,27H,2,7,9H2,1H3,(H2,22,28). The molecule has 29 heavy (non-hydrogen) atoms. The van der Waals surface area contributed by atoms with E-state index in [0.29, 0.717) is 16.3 Å². The van der Waals surface area contributed by atoms with Gasteiger partial charge < -0.3 is 16.2 Å². The number of aliphatic hydroxyl groups is 1. The predicted octanol–water partition coefficient (Wildman–Crippen LogP) is 3.97. The summed E-state index contributed by atoms with van der Waals surface area (Å²) in [5, 5.41) is 14.8. The molecule has 4 aromatic rings. The minimum atomic E-state index is -0.449. The number of hydrogen-bond acceptors (Lipinski definition) is 7. The normalized spacial score (nSPS) is 11.3. The summed E-state index contributed by atoms with van der Waals surface area (Å²) >= 11 is 7.41. The van der Waals surface area contributed by atoms with Crippen molar-refractivity contribution in [1.82, 2.24) is 15.0 Å². The highest BCUT2D eigenvalue weighted by molar-refractivity contribution is 7.21. The lowest BCUT2D eigenvalue weighted by molar-refractivity contribution is 0.100. The van der Waals surface area contributed by atoms with E-state index < -0.39 is 5.91 Å². The summed E-state index contributed by atoms with van der Waals surface area (Å²) in [7, 11) is 0. The van der Waals surface area contributed by atoms with E-state index >= 15 is 0 Å². The van der Waals surface area contributed by atoms with Crippen molar-refractivity contribution in [2.75, 3.05) is 11.9 Å². The van der Waals surface area contributed by atoms with Crippen molar-refractivity contribution in [2.24, 2.45) is 5.73 Å². The summed E-state index contributed by atoms with van der Waals surface area (Å²) in [6.07, 6.45) is 0.921. The van der Waals surface area contributed by atoms with E-state index in [1.165, 1.54) is 11.3 Å². The van der Waals surface area contributed by atoms with Crippen molar-refractivity contribution in [2.45, 2.75) is 20.0 Å². The van der Waals surface area contributed by atoms with E-state index in [2.05, 4.69) is 22.2 Å². The van der Waals surface area contributed by atoms with Crippen LogP contribution >= 0.6 is 22.9 Å². The van der Waals surface area contributed by atoms with Crippen molar-refractivity contribution in [1.29, 1.82) is 0 Å². The van der Waals surface area contributed by atoms with E-state index in [-0.39, 0.29) is 17.6 Å². The Hall–Kier alpha value is -2.81. The first-order valence-corrected chi connectivity index (χ1v) is 10.3. The summed E-state index contributed by atoms with van der Waals surface area (Å²) in [5.74, 6) is -0.213. The van der Waals surface area contributed by atoms with Crippen molar-refractivity contribution in [3.63, 3.8) is 0 Å². The van der Waals surface area contributed by atoms with Crippen molar-refractivity contribution < 1.29 is 9.90 Å². The van der Waals surface area contributed by atoms with Gasteiger partial charge in [0.2, 0.25) is 0 Å². The molecular weight excluding hydrogens is 410 g/mol. The van der Waals surface area contributed by atoms with Gasteiger partial charge >= 0.3 is 0 Å². The minimum absolute atomic E-state index is 0.236. The number of benzene rings is 1. The number of anilines is 1. The van der Waals surface area contributed by atoms with Crippen LogP contribution in [0.15, 0.2) is 30.3 Å². The van der Waals surface area contributed by atoms with Gasteiger partial charge in [0.05, 0.1) is 22.6 Å². The van der Waals surface area contributed by atoms with Crippen molar-refractivity contribution in [3.05, 3.63) is 46.2 Å². The zero-order valence-corrected chi connectivity index (χ0v) is 17.1. The van der Waals surface area contributed by atoms with E-state index in [1.54, 1.807) is 6.07 Å². The monoisotopic (exact) mass is 427 g/mol. The molecule has 4 rings (SSSR count). The highest BCUT2D eigenvalue weighted by atomic mass is 35.5. The molecule has 148 valence electrons. The molecule has 0 aliphatic heterocycles. The Morgan fingerprint density at radius 2 is 2.03 bits per heavy atom. The number of halogens is 1. The number of primary amides is 1. The fourth-order valence-electron chi connectivity index (χ4n) is 3.20. The summed E-state index contributed by atoms with van der Waals surface area (Å²) in [5.41, 5.74) is 8.26. The van der Waals surface area contributed by atoms with Crippen molar-refractivity contribution in [3.8, 4) is 11.4 Å². The first-order chi connectivity index (χ1) is 14.0. The molecule has 7 nitrogen and oxygen atoms in total. The molecule has 0 bridgehead atoms. The maximum atomic E-state index is 12.0. The Balaban J connectivity index is 1.92. The third-order valence-electron chi connectivity index (χ3n) is 4.44. The molecule has 0 atom stereocenters. The van der Waals surface area contributed by atoms with E-state index in [9.17, 15) is 9.90 Å². The predicted molar refractivity (Wildman–Crippen MR) is 116 cm³/mol. The molecule has 0 fully saturated rings. The number of thiophene rings is 1. The molecule has 1 aromatic carbocycles. The maximum absolute atomic E-state index is 12.0. The van der Waals surface area contributed by atoms with Crippen LogP contribution in [0.2, 0.25) is 5.15 Å². The Labute approximate surface area is 175 Å². The molecule has 0 radical (unpaired) electrons. The van der Waals surface area contributed by atoms with Gasteiger partial charge in [-0.2, -0.15) is 0 Å². The molecule has 0 aliphatic carbocycles. The molecule has 9 heteroatoms. The number of rotatable bonds is 6. The lowest BCUT2D eigenvalue weighted by atomic mass is 10.1. The van der Waals surface area contributed by atoms with E-state index in [1.807, 2.05) is 24.3 Å². The third kappa shape index (κ3) is 3.62. The van der Waals surface area contributed by atoms with E-state index in [0.717, 1.165) is 39.6 Å². The minimum Gasteiger partial charge on any atom is -0.388 e. The number of carbonyl (C=O) groups excluding carboxylic acids is 1. The van der Waals surface area contributed by atoms with Gasteiger partial charge in [-0.1, -0.05) is 18.5 Å². The second kappa shape index (κ2) is 7.90. The van der Waals surface area contributed by atoms with Crippen LogP contribution in [0, 0.1) is 0 Å². The highest BCUT2D eigenvalue weighted by Gasteiger charge is 2.19. The van der Waals surface area contributed by atoms with Crippen LogP contribution in [-0.2, 0) is 6.61 Å². The number of nitrogens with zero attached hydrogens (tertiary/aromatic N) is 3. The number of fused-ring (bicyclic) bond motifs is 3. The third-order valence-corrected chi connectivity index (χ3v) is 5.81. The first-order valence-electron chi connectivity index (χ1n) is 9.06. The molecule has 3 aromatic heterocycles. The van der Waals surface area contributed by atoms with Gasteiger partial charge in [0, 0.05) is 28.1 Å². The van der Waals surface area contributed by atoms with Gasteiger partial charge in [0.15, 0.2) is 5.82 Å². The van der Waals surface area contributed by atoms with Crippen LogP contribution in [0.3, 0.4) is 0 Å². The lowest BCUT2D eigenvalue weighted by Gasteiger charge is -2.09. The van der Waals surface area contributed by atoms with Gasteiger partial charge in [-0.15, -0.1) is 11.3 Å². The zero-order chi connectivity index (χ0) is 20.5. The molecule has 0 spiro atoms. The second-order valence-corrected chi connectivity index (χ2v) is 7.89. The maximum Gasteiger partial charge on any atom is 0.260 e. The molecule has 0 saturated heterocycles. The number of carbonyl (C=O) groups is 1. The summed E-state index contributed by atoms with van der Waals surface area (Å²) < 4.78 is 0.965. The van der Waals surface area contributed by atoms with Crippen LogP contribution in [0.5, 0.6) is 0 Å². The summed E-state index contributed by atoms with van der Waals surface area (Å²) in [4.78, 5) is 25.4. The first kappa shape index (κ1) is 19.5. The summed E-state index contributed by atoms with van der Waals surface area (Å²) in [6, 6.07) is 9.24. The number of pyridine rings is 1. The topological polar surface area (TPSA) is 114 Å². The largest absolute Gasteiger partial charge is 0.388 e. The molecule has 1 amide bonds. The zero-order valence-electron chi connectivity index (χ0n) is 15.6. The Kier molecular flexibility index (Phi) is 5.31. The average molecular weight is 428 g/mol. The number of amides is 1. The van der Waals surface area contributed by atoms with Gasteiger partial charge in [-0.25, -0.2) is 15.0 Å². The number of nitrogens with two attached hydrogens (primary N) is 1. The van der Waals surface area contributed by atoms with Crippen LogP contribution in [-0.4, -0.2) is 32.5 Å². The van der Waals surface area contributed by atoms with Gasteiger partial charge in [0.1, 0.15) is 16.6 Å². The number of aromatic nitrogens is 3. The second-order valence-electron chi connectivity index (χ2n) is 6.45. The molecule has 3 heterocycles. The van der Waals surface area contributed by atoms with Crippen LogP contribution < -0.4 is 11.1 Å². The SMILES string of the molecule is CCCNc1c(C(N)=O)sc2ccc3nc(-c4cc(Cl)nc(CO)n4)ccc3c12. The average Bonchev–Trinajstić information content (AvgIpc) is 3.10. The van der Waals surface area contributed by atoms with Crippen LogP contribution in [0.4, 0.5) is 5.69 Å². The Bertz CT molecular complexity index is 1240. The quantitative estimate of drug-likeness (QED) is 0.401. The number of aliphatic hydroxyl groups excluding tert-OH is 1. The Morgan fingerprint density at radius 1 is 1.21 bits per heavy atom. The Morgan fingerprint density at radius 3 is 2.76 bits per heavy atom. The van der Waals surface area contributed by atoms with Crippen LogP contribution in [0.25, 0.3) is 32.4 Å². The van der Waals surface area contributed by atoms with Gasteiger partial charge in [0.25, 0.3) is 5.91 Å². The molecular formula is C20H18ClN5O2S.